The van der Waals surface area contributed by atoms with E-state index in [1.54, 1.807) is 0 Å². The summed E-state index contributed by atoms with van der Waals surface area (Å²) in [4.78, 5) is 4.44. The van der Waals surface area contributed by atoms with Crippen LogP contribution in [-0.2, 0) is 11.3 Å². The fourth-order valence-electron chi connectivity index (χ4n) is 2.65. The molecular weight excluding hydrogens is 318 g/mol. The molecule has 2 heterocycles. The van der Waals surface area contributed by atoms with Gasteiger partial charge >= 0.3 is 0 Å². The van der Waals surface area contributed by atoms with Crippen LogP contribution >= 0.6 is 0 Å². The van der Waals surface area contributed by atoms with Crippen LogP contribution in [0.25, 0.3) is 11.4 Å². The van der Waals surface area contributed by atoms with Crippen LogP contribution in [0.3, 0.4) is 0 Å². The molecule has 2 aromatic carbocycles. The summed E-state index contributed by atoms with van der Waals surface area (Å²) in [6, 6.07) is 17.7. The van der Waals surface area contributed by atoms with Crippen LogP contribution in [0.15, 0.2) is 59.1 Å². The van der Waals surface area contributed by atoms with Crippen LogP contribution in [0, 0.1) is 0 Å². The quantitative estimate of drug-likeness (QED) is 0.772. The monoisotopic (exact) mass is 337 g/mol. The van der Waals surface area contributed by atoms with Crippen molar-refractivity contribution in [3.05, 3.63) is 66.1 Å². The molecule has 3 aromatic rings. The average Bonchev–Trinajstić information content (AvgIpc) is 3.19. The molecule has 1 aliphatic rings. The van der Waals surface area contributed by atoms with Gasteiger partial charge in [0, 0.05) is 18.7 Å². The Hall–Kier alpha value is -2.70. The van der Waals surface area contributed by atoms with Crippen molar-refractivity contribution >= 4 is 0 Å². The van der Waals surface area contributed by atoms with Gasteiger partial charge in [0.15, 0.2) is 0 Å². The smallest absolute Gasteiger partial charge is 0.257 e. The van der Waals surface area contributed by atoms with Crippen molar-refractivity contribution in [1.82, 2.24) is 15.5 Å². The first-order chi connectivity index (χ1) is 12.4. The molecule has 1 fully saturated rings. The van der Waals surface area contributed by atoms with Crippen molar-refractivity contribution in [3.63, 3.8) is 0 Å². The minimum atomic E-state index is -0.177. The maximum absolute atomic E-state index is 5.79. The highest BCUT2D eigenvalue weighted by Crippen LogP contribution is 2.23. The van der Waals surface area contributed by atoms with Crippen molar-refractivity contribution in [1.29, 1.82) is 0 Å². The lowest BCUT2D eigenvalue weighted by atomic mass is 10.2. The van der Waals surface area contributed by atoms with Gasteiger partial charge in [-0.25, -0.2) is 0 Å². The zero-order valence-electron chi connectivity index (χ0n) is 13.7. The Morgan fingerprint density at radius 1 is 1.08 bits per heavy atom. The number of hydrogen-bond donors (Lipinski definition) is 1. The molecular formula is C19H19N3O3. The first-order valence-electron chi connectivity index (χ1n) is 8.31. The first kappa shape index (κ1) is 15.8. The summed E-state index contributed by atoms with van der Waals surface area (Å²) in [5, 5.41) is 7.30. The zero-order valence-corrected chi connectivity index (χ0v) is 13.7. The molecule has 6 nitrogen and oxygen atoms in total. The van der Waals surface area contributed by atoms with Crippen molar-refractivity contribution in [3.8, 4) is 17.1 Å². The summed E-state index contributed by atoms with van der Waals surface area (Å²) < 4.78 is 16.8. The highest BCUT2D eigenvalue weighted by Gasteiger charge is 2.22. The van der Waals surface area contributed by atoms with E-state index in [1.165, 1.54) is 0 Å². The van der Waals surface area contributed by atoms with E-state index >= 15 is 0 Å². The molecule has 0 radical (unpaired) electrons. The van der Waals surface area contributed by atoms with Crippen LogP contribution in [-0.4, -0.2) is 29.8 Å². The molecule has 1 atom stereocenters. The van der Waals surface area contributed by atoms with Crippen LogP contribution in [0.4, 0.5) is 0 Å². The largest absolute Gasteiger partial charge is 0.489 e. The minimum Gasteiger partial charge on any atom is -0.489 e. The van der Waals surface area contributed by atoms with Gasteiger partial charge in [0.05, 0.1) is 6.61 Å². The Labute approximate surface area is 145 Å². The fraction of sp³-hybridized carbons (Fsp3) is 0.263. The van der Waals surface area contributed by atoms with Crippen molar-refractivity contribution < 1.29 is 14.0 Å². The van der Waals surface area contributed by atoms with Gasteiger partial charge in [-0.1, -0.05) is 35.5 Å². The third-order valence-corrected chi connectivity index (χ3v) is 4.01. The average molecular weight is 337 g/mol. The molecule has 1 N–H and O–H groups in total. The second kappa shape index (κ2) is 7.46. The van der Waals surface area contributed by atoms with Crippen molar-refractivity contribution in [2.24, 2.45) is 0 Å². The van der Waals surface area contributed by atoms with E-state index in [4.69, 9.17) is 14.0 Å². The predicted molar refractivity (Wildman–Crippen MR) is 92.1 cm³/mol. The van der Waals surface area contributed by atoms with Crippen LogP contribution in [0.2, 0.25) is 0 Å². The molecule has 1 aromatic heterocycles. The topological polar surface area (TPSA) is 69.4 Å². The summed E-state index contributed by atoms with van der Waals surface area (Å²) in [7, 11) is 0. The second-order valence-electron chi connectivity index (χ2n) is 5.82. The van der Waals surface area contributed by atoms with Gasteiger partial charge in [0.1, 0.15) is 18.5 Å². The Bertz CT molecular complexity index is 796. The highest BCUT2D eigenvalue weighted by molar-refractivity contribution is 5.55. The van der Waals surface area contributed by atoms with Gasteiger partial charge in [-0.2, -0.15) is 4.98 Å². The van der Waals surface area contributed by atoms with E-state index in [-0.39, 0.29) is 6.10 Å². The first-order valence-corrected chi connectivity index (χ1v) is 8.31. The van der Waals surface area contributed by atoms with E-state index in [0.29, 0.717) is 31.5 Å². The molecule has 0 saturated carbocycles. The van der Waals surface area contributed by atoms with E-state index in [0.717, 1.165) is 23.4 Å². The molecule has 0 aliphatic carbocycles. The number of nitrogens with zero attached hydrogens (tertiary/aromatic N) is 2. The highest BCUT2D eigenvalue weighted by atomic mass is 16.5. The summed E-state index contributed by atoms with van der Waals surface area (Å²) >= 11 is 0. The van der Waals surface area contributed by atoms with Crippen molar-refractivity contribution in [2.75, 3.05) is 19.7 Å². The standard InChI is InChI=1S/C19H19N3O3/c1-2-4-14(5-3-1)13-24-16-8-6-15(7-9-16)18-21-19(25-22-18)17-12-20-10-11-23-17/h1-9,17,20H,10-13H2/t17-/m0/s1. The van der Waals surface area contributed by atoms with Crippen LogP contribution in [0.5, 0.6) is 5.75 Å². The lowest BCUT2D eigenvalue weighted by molar-refractivity contribution is 0.00755. The Morgan fingerprint density at radius 3 is 2.68 bits per heavy atom. The van der Waals surface area contributed by atoms with Gasteiger partial charge in [0.25, 0.3) is 5.89 Å². The van der Waals surface area contributed by atoms with E-state index in [2.05, 4.69) is 15.5 Å². The third kappa shape index (κ3) is 3.87. The van der Waals surface area contributed by atoms with Crippen LogP contribution in [0.1, 0.15) is 17.6 Å². The number of rotatable bonds is 5. The number of morpholine rings is 1. The second-order valence-corrected chi connectivity index (χ2v) is 5.82. The summed E-state index contributed by atoms with van der Waals surface area (Å²) in [5.41, 5.74) is 2.02. The fourth-order valence-corrected chi connectivity index (χ4v) is 2.65. The molecule has 1 aliphatic heterocycles. The molecule has 25 heavy (non-hydrogen) atoms. The van der Waals surface area contributed by atoms with E-state index < -0.39 is 0 Å². The Morgan fingerprint density at radius 2 is 1.92 bits per heavy atom. The zero-order chi connectivity index (χ0) is 16.9. The Balaban J connectivity index is 1.40. The molecule has 0 bridgehead atoms. The molecule has 0 unspecified atom stereocenters. The SMILES string of the molecule is c1ccc(COc2ccc(-c3noc([C@@H]4CNCCO4)n3)cc2)cc1. The predicted octanol–water partition coefficient (Wildman–Crippen LogP) is 2.98. The van der Waals surface area contributed by atoms with Crippen LogP contribution < -0.4 is 10.1 Å². The number of nitrogens with one attached hydrogen (secondary N) is 1. The summed E-state index contributed by atoms with van der Waals surface area (Å²) in [6.45, 7) is 2.73. The minimum absolute atomic E-state index is 0.177. The number of ether oxygens (including phenoxy) is 2. The van der Waals surface area contributed by atoms with Gasteiger partial charge in [-0.3, -0.25) is 0 Å². The molecule has 0 amide bonds. The summed E-state index contributed by atoms with van der Waals surface area (Å²) in [6.07, 6.45) is -0.177. The van der Waals surface area contributed by atoms with Gasteiger partial charge in [-0.05, 0) is 29.8 Å². The Kier molecular flexibility index (Phi) is 4.72. The molecule has 128 valence electrons. The number of aromatic nitrogens is 2. The maximum atomic E-state index is 5.79. The molecule has 1 saturated heterocycles. The van der Waals surface area contributed by atoms with Gasteiger partial charge in [0.2, 0.25) is 5.82 Å². The van der Waals surface area contributed by atoms with E-state index in [9.17, 15) is 0 Å². The van der Waals surface area contributed by atoms with Gasteiger partial charge in [-0.15, -0.1) is 0 Å². The van der Waals surface area contributed by atoms with Gasteiger partial charge < -0.3 is 19.3 Å². The molecule has 4 rings (SSSR count). The van der Waals surface area contributed by atoms with E-state index in [1.807, 2.05) is 54.6 Å². The normalized spacial score (nSPS) is 17.4. The van der Waals surface area contributed by atoms with Crippen molar-refractivity contribution in [2.45, 2.75) is 12.7 Å². The third-order valence-electron chi connectivity index (χ3n) is 4.01. The number of benzene rings is 2. The summed E-state index contributed by atoms with van der Waals surface area (Å²) in [5.74, 6) is 1.86. The lowest BCUT2D eigenvalue weighted by Crippen LogP contribution is -2.33. The number of hydrogen-bond acceptors (Lipinski definition) is 6. The molecule has 6 heteroatoms. The maximum Gasteiger partial charge on any atom is 0.257 e. The lowest BCUT2D eigenvalue weighted by Gasteiger charge is -2.19. The molecule has 0 spiro atoms.